The molecule has 7 heteroatoms. The van der Waals surface area contributed by atoms with Gasteiger partial charge in [0.2, 0.25) is 0 Å². The number of ether oxygens (including phenoxy) is 1. The highest BCUT2D eigenvalue weighted by atomic mass is 16.5. The number of anilines is 1. The largest absolute Gasteiger partial charge is 0.378 e. The van der Waals surface area contributed by atoms with Crippen LogP contribution in [0.25, 0.3) is 11.0 Å². The van der Waals surface area contributed by atoms with Crippen LogP contribution in [0.5, 0.6) is 0 Å². The van der Waals surface area contributed by atoms with Crippen molar-refractivity contribution in [1.82, 2.24) is 24.6 Å². The maximum Gasteiger partial charge on any atom is 0.163 e. The standard InChI is InChI=1S/C21H26N6O/c1-2-4-17(5-3-1)15-25-8-6-18(7-9-25)27-21-19(14-24-27)20(22-16-23-21)26-10-12-28-13-11-26/h1-5,14,16,18H,6-13,15H2. The summed E-state index contributed by atoms with van der Waals surface area (Å²) >= 11 is 0. The fourth-order valence-corrected chi connectivity index (χ4v) is 4.31. The fourth-order valence-electron chi connectivity index (χ4n) is 4.31. The molecule has 0 aliphatic carbocycles. The van der Waals surface area contributed by atoms with Crippen molar-refractivity contribution in [3.8, 4) is 0 Å². The molecule has 5 rings (SSSR count). The summed E-state index contributed by atoms with van der Waals surface area (Å²) in [5.41, 5.74) is 2.34. The lowest BCUT2D eigenvalue weighted by Gasteiger charge is -2.32. The minimum absolute atomic E-state index is 0.400. The first-order chi connectivity index (χ1) is 13.9. The Balaban J connectivity index is 1.30. The molecule has 2 aromatic heterocycles. The van der Waals surface area contributed by atoms with E-state index in [0.717, 1.165) is 75.6 Å². The van der Waals surface area contributed by atoms with Crippen LogP contribution in [0, 0.1) is 0 Å². The van der Waals surface area contributed by atoms with E-state index < -0.39 is 0 Å². The third-order valence-corrected chi connectivity index (χ3v) is 5.83. The summed E-state index contributed by atoms with van der Waals surface area (Å²) in [6.45, 7) is 6.44. The van der Waals surface area contributed by atoms with Crippen molar-refractivity contribution in [2.75, 3.05) is 44.3 Å². The molecule has 7 nitrogen and oxygen atoms in total. The lowest BCUT2D eigenvalue weighted by Crippen LogP contribution is -2.37. The number of nitrogens with zero attached hydrogens (tertiary/aromatic N) is 6. The fraction of sp³-hybridized carbons (Fsp3) is 0.476. The number of likely N-dealkylation sites (tertiary alicyclic amines) is 1. The average Bonchev–Trinajstić information content (AvgIpc) is 3.20. The third-order valence-electron chi connectivity index (χ3n) is 5.83. The highest BCUT2D eigenvalue weighted by Crippen LogP contribution is 2.29. The molecule has 0 spiro atoms. The lowest BCUT2D eigenvalue weighted by atomic mass is 10.0. The summed E-state index contributed by atoms with van der Waals surface area (Å²) < 4.78 is 7.60. The molecule has 146 valence electrons. The molecule has 0 bridgehead atoms. The van der Waals surface area contributed by atoms with E-state index in [2.05, 4.69) is 54.8 Å². The van der Waals surface area contributed by atoms with Gasteiger partial charge in [-0.2, -0.15) is 5.10 Å². The van der Waals surface area contributed by atoms with Crippen LogP contribution in [0.2, 0.25) is 0 Å². The molecule has 0 radical (unpaired) electrons. The molecule has 0 atom stereocenters. The van der Waals surface area contributed by atoms with Crippen molar-refractivity contribution < 1.29 is 4.74 Å². The molecule has 3 aromatic rings. The Morgan fingerprint density at radius 3 is 2.54 bits per heavy atom. The van der Waals surface area contributed by atoms with Crippen LogP contribution >= 0.6 is 0 Å². The van der Waals surface area contributed by atoms with Gasteiger partial charge in [0.05, 0.1) is 30.8 Å². The van der Waals surface area contributed by atoms with Crippen LogP contribution < -0.4 is 4.90 Å². The predicted molar refractivity (Wildman–Crippen MR) is 108 cm³/mol. The van der Waals surface area contributed by atoms with E-state index in [1.54, 1.807) is 6.33 Å². The van der Waals surface area contributed by atoms with Crippen molar-refractivity contribution in [2.24, 2.45) is 0 Å². The summed E-state index contributed by atoms with van der Waals surface area (Å²) in [6, 6.07) is 11.1. The first-order valence-electron chi connectivity index (χ1n) is 10.2. The SMILES string of the molecule is c1ccc(CN2CCC(n3ncc4c(N5CCOCC5)ncnc43)CC2)cc1. The van der Waals surface area contributed by atoms with Crippen LogP contribution in [0.15, 0.2) is 42.9 Å². The summed E-state index contributed by atoms with van der Waals surface area (Å²) in [5, 5.41) is 5.77. The number of benzene rings is 1. The molecule has 0 saturated carbocycles. The summed E-state index contributed by atoms with van der Waals surface area (Å²) in [4.78, 5) is 13.9. The Hall–Kier alpha value is -2.51. The molecule has 0 N–H and O–H groups in total. The van der Waals surface area contributed by atoms with E-state index in [-0.39, 0.29) is 0 Å². The van der Waals surface area contributed by atoms with Crippen molar-refractivity contribution in [1.29, 1.82) is 0 Å². The second kappa shape index (κ2) is 7.85. The third kappa shape index (κ3) is 3.47. The minimum Gasteiger partial charge on any atom is -0.378 e. The van der Waals surface area contributed by atoms with E-state index in [1.807, 2.05) is 6.20 Å². The van der Waals surface area contributed by atoms with Gasteiger partial charge in [0.25, 0.3) is 0 Å². The number of fused-ring (bicyclic) bond motifs is 1. The van der Waals surface area contributed by atoms with Crippen LogP contribution in [-0.2, 0) is 11.3 Å². The number of rotatable bonds is 4. The molecular formula is C21H26N6O. The zero-order chi connectivity index (χ0) is 18.8. The minimum atomic E-state index is 0.400. The maximum absolute atomic E-state index is 5.48. The summed E-state index contributed by atoms with van der Waals surface area (Å²) in [5.74, 6) is 0.987. The lowest BCUT2D eigenvalue weighted by molar-refractivity contribution is 0.122. The van der Waals surface area contributed by atoms with Crippen molar-refractivity contribution in [3.05, 3.63) is 48.4 Å². The summed E-state index contributed by atoms with van der Waals surface area (Å²) in [7, 11) is 0. The number of hydrogen-bond donors (Lipinski definition) is 0. The van der Waals surface area contributed by atoms with Gasteiger partial charge in [-0.1, -0.05) is 30.3 Å². The molecule has 2 aliphatic heterocycles. The number of morpholine rings is 1. The van der Waals surface area contributed by atoms with Crippen molar-refractivity contribution in [3.63, 3.8) is 0 Å². The van der Waals surface area contributed by atoms with Gasteiger partial charge in [-0.15, -0.1) is 0 Å². The Labute approximate surface area is 164 Å². The van der Waals surface area contributed by atoms with Crippen LogP contribution in [0.3, 0.4) is 0 Å². The van der Waals surface area contributed by atoms with Gasteiger partial charge in [-0.25, -0.2) is 14.6 Å². The molecule has 2 aliphatic rings. The van der Waals surface area contributed by atoms with Gasteiger partial charge in [0.15, 0.2) is 5.65 Å². The molecule has 0 unspecified atom stereocenters. The number of piperidine rings is 1. The molecule has 2 saturated heterocycles. The Kier molecular flexibility index (Phi) is 4.93. The van der Waals surface area contributed by atoms with E-state index in [9.17, 15) is 0 Å². The van der Waals surface area contributed by atoms with E-state index in [1.165, 1.54) is 5.56 Å². The molecular weight excluding hydrogens is 352 g/mol. The monoisotopic (exact) mass is 378 g/mol. The molecule has 28 heavy (non-hydrogen) atoms. The molecule has 2 fully saturated rings. The smallest absolute Gasteiger partial charge is 0.163 e. The maximum atomic E-state index is 5.48. The first kappa shape index (κ1) is 17.6. The average molecular weight is 378 g/mol. The Bertz CT molecular complexity index is 913. The molecule has 1 aromatic carbocycles. The topological polar surface area (TPSA) is 59.3 Å². The van der Waals surface area contributed by atoms with E-state index >= 15 is 0 Å². The zero-order valence-corrected chi connectivity index (χ0v) is 16.1. The van der Waals surface area contributed by atoms with Gasteiger partial charge >= 0.3 is 0 Å². The first-order valence-corrected chi connectivity index (χ1v) is 10.2. The van der Waals surface area contributed by atoms with Gasteiger partial charge in [-0.05, 0) is 18.4 Å². The normalized spacial score (nSPS) is 19.4. The van der Waals surface area contributed by atoms with Gasteiger partial charge in [-0.3, -0.25) is 4.90 Å². The van der Waals surface area contributed by atoms with Gasteiger partial charge < -0.3 is 9.64 Å². The second-order valence-corrected chi connectivity index (χ2v) is 7.62. The van der Waals surface area contributed by atoms with Crippen molar-refractivity contribution in [2.45, 2.75) is 25.4 Å². The highest BCUT2D eigenvalue weighted by molar-refractivity contribution is 5.86. The quantitative estimate of drug-likeness (QED) is 0.695. The zero-order valence-electron chi connectivity index (χ0n) is 16.1. The van der Waals surface area contributed by atoms with E-state index in [4.69, 9.17) is 9.84 Å². The number of hydrogen-bond acceptors (Lipinski definition) is 6. The predicted octanol–water partition coefficient (Wildman–Crippen LogP) is 2.50. The van der Waals surface area contributed by atoms with E-state index in [0.29, 0.717) is 6.04 Å². The van der Waals surface area contributed by atoms with Crippen LogP contribution in [-0.4, -0.2) is 64.0 Å². The number of aromatic nitrogens is 4. The highest BCUT2D eigenvalue weighted by Gasteiger charge is 2.25. The molecule has 0 amide bonds. The Morgan fingerprint density at radius 1 is 0.964 bits per heavy atom. The van der Waals surface area contributed by atoms with Crippen LogP contribution in [0.4, 0.5) is 5.82 Å². The summed E-state index contributed by atoms with van der Waals surface area (Å²) in [6.07, 6.45) is 5.81. The molecule has 4 heterocycles. The van der Waals surface area contributed by atoms with Crippen molar-refractivity contribution >= 4 is 16.9 Å². The van der Waals surface area contributed by atoms with Crippen LogP contribution in [0.1, 0.15) is 24.4 Å². The van der Waals surface area contributed by atoms with Gasteiger partial charge in [0.1, 0.15) is 12.1 Å². The Morgan fingerprint density at radius 2 is 1.75 bits per heavy atom. The second-order valence-electron chi connectivity index (χ2n) is 7.62. The van der Waals surface area contributed by atoms with Gasteiger partial charge in [0, 0.05) is 32.7 Å².